The van der Waals surface area contributed by atoms with E-state index in [9.17, 15) is 24.9 Å². The Morgan fingerprint density at radius 1 is 1.00 bits per heavy atom. The number of hydrogen-bond acceptors (Lipinski definition) is 7. The first-order valence-corrected chi connectivity index (χ1v) is 16.4. The van der Waals surface area contributed by atoms with Gasteiger partial charge < -0.3 is 15.3 Å². The van der Waals surface area contributed by atoms with Crippen molar-refractivity contribution in [2.45, 2.75) is 57.7 Å². The van der Waals surface area contributed by atoms with Crippen LogP contribution in [0.3, 0.4) is 0 Å². The zero-order valence-corrected chi connectivity index (χ0v) is 26.3. The number of phenols is 1. The molecule has 8 heteroatoms. The summed E-state index contributed by atoms with van der Waals surface area (Å²) in [4.78, 5) is 36.2. The van der Waals surface area contributed by atoms with Crippen molar-refractivity contribution in [3.05, 3.63) is 107 Å². The summed E-state index contributed by atoms with van der Waals surface area (Å²) >= 11 is 0. The number of piperidine rings is 1. The minimum absolute atomic E-state index is 0.130. The molecule has 0 bridgehead atoms. The first-order valence-electron chi connectivity index (χ1n) is 16.4. The second-order valence-corrected chi connectivity index (χ2v) is 12.9. The van der Waals surface area contributed by atoms with Gasteiger partial charge in [-0.1, -0.05) is 54.1 Å². The topological polar surface area (TPSA) is 114 Å². The van der Waals surface area contributed by atoms with Crippen LogP contribution in [0, 0.1) is 17.8 Å². The van der Waals surface area contributed by atoms with E-state index in [1.165, 1.54) is 10.5 Å². The van der Waals surface area contributed by atoms with E-state index in [0.29, 0.717) is 24.8 Å². The minimum Gasteiger partial charge on any atom is -0.508 e. The Hall–Kier alpha value is -4.11. The number of nitrogens with zero attached hydrogens (tertiary/aromatic N) is 3. The van der Waals surface area contributed by atoms with Gasteiger partial charge >= 0.3 is 0 Å². The number of imide groups is 1. The quantitative estimate of drug-likeness (QED) is 0.214. The summed E-state index contributed by atoms with van der Waals surface area (Å²) in [5, 5.41) is 32.2. The molecule has 1 aromatic heterocycles. The molecule has 2 aliphatic heterocycles. The molecule has 2 saturated heterocycles. The van der Waals surface area contributed by atoms with E-state index in [1.54, 1.807) is 24.4 Å². The van der Waals surface area contributed by atoms with Crippen molar-refractivity contribution in [1.82, 2.24) is 14.8 Å². The highest BCUT2D eigenvalue weighted by molar-refractivity contribution is 6.06. The van der Waals surface area contributed by atoms with E-state index < -0.39 is 23.9 Å². The van der Waals surface area contributed by atoms with E-state index in [0.717, 1.165) is 54.9 Å². The van der Waals surface area contributed by atoms with E-state index in [-0.39, 0.29) is 30.2 Å². The van der Waals surface area contributed by atoms with Gasteiger partial charge in [0, 0.05) is 37.8 Å². The van der Waals surface area contributed by atoms with Crippen LogP contribution < -0.4 is 0 Å². The minimum atomic E-state index is -0.896. The van der Waals surface area contributed by atoms with Crippen LogP contribution in [-0.4, -0.2) is 73.8 Å². The van der Waals surface area contributed by atoms with E-state index in [4.69, 9.17) is 0 Å². The largest absolute Gasteiger partial charge is 0.508 e. The van der Waals surface area contributed by atoms with Gasteiger partial charge in [0.05, 0.1) is 30.2 Å². The molecule has 3 N–H and O–H groups in total. The smallest absolute Gasteiger partial charge is 0.234 e. The van der Waals surface area contributed by atoms with Gasteiger partial charge in [0.2, 0.25) is 11.8 Å². The molecule has 3 aliphatic rings. The molecule has 1 aliphatic carbocycles. The van der Waals surface area contributed by atoms with Crippen molar-refractivity contribution in [2.24, 2.45) is 17.8 Å². The van der Waals surface area contributed by atoms with Gasteiger partial charge in [-0.2, -0.15) is 0 Å². The molecule has 240 valence electrons. The lowest BCUT2D eigenvalue weighted by molar-refractivity contribution is -0.144. The highest BCUT2D eigenvalue weighted by Crippen LogP contribution is 2.47. The predicted molar refractivity (Wildman–Crippen MR) is 177 cm³/mol. The lowest BCUT2D eigenvalue weighted by Gasteiger charge is -2.36. The number of amides is 2. The number of pyridine rings is 1. The fraction of sp³-hybridized carbons (Fsp3) is 0.395. The second-order valence-electron chi connectivity index (χ2n) is 12.9. The summed E-state index contributed by atoms with van der Waals surface area (Å²) in [5.41, 5.74) is 5.30. The number of aromatic hydroxyl groups is 1. The summed E-state index contributed by atoms with van der Waals surface area (Å²) in [7, 11) is 0. The molecule has 4 atom stereocenters. The van der Waals surface area contributed by atoms with Crippen molar-refractivity contribution in [2.75, 3.05) is 19.7 Å². The average molecular weight is 622 g/mol. The number of rotatable bonds is 10. The SMILES string of the molecule is CC1=C([C@H](O)CC/C(=C/c2cccc(O)c2)c2ccccn2)[C@H](CO)[C@@H]2C(=O)N(C3CCN(Cc4ccccc4)CC3)C(=O)[C@@H]2C1. The Bertz CT molecular complexity index is 1600. The molecule has 2 aromatic carbocycles. The fourth-order valence-corrected chi connectivity index (χ4v) is 7.77. The van der Waals surface area contributed by atoms with Crippen LogP contribution in [0.5, 0.6) is 5.75 Å². The molecule has 2 amide bonds. The van der Waals surface area contributed by atoms with Gasteiger partial charge in [0.25, 0.3) is 0 Å². The summed E-state index contributed by atoms with van der Waals surface area (Å²) in [6, 6.07) is 22.8. The van der Waals surface area contributed by atoms with Crippen molar-refractivity contribution < 1.29 is 24.9 Å². The van der Waals surface area contributed by atoms with Crippen LogP contribution >= 0.6 is 0 Å². The van der Waals surface area contributed by atoms with Crippen molar-refractivity contribution in [3.8, 4) is 5.75 Å². The molecule has 8 nitrogen and oxygen atoms in total. The van der Waals surface area contributed by atoms with Gasteiger partial charge in [-0.05, 0) is 91.6 Å². The number of phenolic OH excluding ortho intramolecular Hbond substituents is 1. The number of carbonyl (C=O) groups is 2. The van der Waals surface area contributed by atoms with E-state index in [2.05, 4.69) is 22.0 Å². The number of aliphatic hydroxyl groups excluding tert-OH is 2. The molecule has 0 saturated carbocycles. The maximum atomic E-state index is 14.0. The third-order valence-electron chi connectivity index (χ3n) is 9.98. The molecule has 2 fully saturated rings. The molecule has 3 aromatic rings. The summed E-state index contributed by atoms with van der Waals surface area (Å²) in [5.74, 6) is -1.94. The molecule has 0 unspecified atom stereocenters. The number of aromatic nitrogens is 1. The Morgan fingerprint density at radius 3 is 2.46 bits per heavy atom. The standard InChI is InChI=1S/C38H43N3O5/c1-25-20-31-36(38(46)41(37(31)45)29-15-18-40(19-16-29)23-26-8-3-2-4-9-26)32(24-42)35(25)34(44)14-13-28(33-12-5-6-17-39-33)21-27-10-7-11-30(43)22-27/h2-12,17,21-22,29,31-32,34,36,42-44H,13-16,18-20,23-24H2,1H3/b28-21-/t31-,32+,34-,36-/m1/s1. The second kappa shape index (κ2) is 14.1. The Labute approximate surface area is 270 Å². The zero-order chi connectivity index (χ0) is 32.2. The van der Waals surface area contributed by atoms with Crippen LogP contribution in [0.1, 0.15) is 55.8 Å². The van der Waals surface area contributed by atoms with E-state index in [1.807, 2.05) is 55.5 Å². The fourth-order valence-electron chi connectivity index (χ4n) is 7.77. The first-order chi connectivity index (χ1) is 22.3. The summed E-state index contributed by atoms with van der Waals surface area (Å²) in [6.45, 7) is 4.08. The average Bonchev–Trinajstić information content (AvgIpc) is 3.32. The first kappa shape index (κ1) is 31.9. The summed E-state index contributed by atoms with van der Waals surface area (Å²) < 4.78 is 0. The van der Waals surface area contributed by atoms with E-state index >= 15 is 0 Å². The number of aliphatic hydroxyl groups is 2. The van der Waals surface area contributed by atoms with Gasteiger partial charge in [0.1, 0.15) is 5.75 Å². The third kappa shape index (κ3) is 6.70. The van der Waals surface area contributed by atoms with Crippen LogP contribution in [0.15, 0.2) is 90.1 Å². The van der Waals surface area contributed by atoms with Crippen molar-refractivity contribution in [1.29, 1.82) is 0 Å². The van der Waals surface area contributed by atoms with Gasteiger partial charge in [-0.15, -0.1) is 0 Å². The van der Waals surface area contributed by atoms with Gasteiger partial charge in [-0.25, -0.2) is 0 Å². The Morgan fingerprint density at radius 2 is 1.76 bits per heavy atom. The third-order valence-corrected chi connectivity index (χ3v) is 9.98. The molecule has 3 heterocycles. The number of hydrogen-bond donors (Lipinski definition) is 3. The van der Waals surface area contributed by atoms with Gasteiger partial charge in [0.15, 0.2) is 0 Å². The number of fused-ring (bicyclic) bond motifs is 1. The molecule has 6 rings (SSSR count). The normalized spacial score (nSPS) is 23.6. The van der Waals surface area contributed by atoms with Crippen LogP contribution in [-0.2, 0) is 16.1 Å². The lowest BCUT2D eigenvalue weighted by atomic mass is 9.68. The van der Waals surface area contributed by atoms with Crippen LogP contribution in [0.2, 0.25) is 0 Å². The monoisotopic (exact) mass is 621 g/mol. The van der Waals surface area contributed by atoms with Crippen LogP contribution in [0.4, 0.5) is 0 Å². The number of likely N-dealkylation sites (tertiary alicyclic amines) is 2. The molecule has 0 spiro atoms. The Balaban J connectivity index is 1.15. The molecule has 46 heavy (non-hydrogen) atoms. The predicted octanol–water partition coefficient (Wildman–Crippen LogP) is 5.06. The molecular weight excluding hydrogens is 578 g/mol. The molecular formula is C38H43N3O5. The number of carbonyl (C=O) groups excluding carboxylic acids is 2. The number of allylic oxidation sites excluding steroid dienone is 2. The van der Waals surface area contributed by atoms with Crippen molar-refractivity contribution in [3.63, 3.8) is 0 Å². The summed E-state index contributed by atoms with van der Waals surface area (Å²) in [6.07, 6.45) is 5.50. The van der Waals surface area contributed by atoms with Crippen LogP contribution in [0.25, 0.3) is 11.6 Å². The molecule has 0 radical (unpaired) electrons. The van der Waals surface area contributed by atoms with Crippen molar-refractivity contribution >= 4 is 23.5 Å². The highest BCUT2D eigenvalue weighted by atomic mass is 16.3. The van der Waals surface area contributed by atoms with Gasteiger partial charge in [-0.3, -0.25) is 24.4 Å². The zero-order valence-electron chi connectivity index (χ0n) is 26.3. The highest BCUT2D eigenvalue weighted by Gasteiger charge is 2.56. The lowest BCUT2D eigenvalue weighted by Crippen LogP contribution is -2.47. The maximum absolute atomic E-state index is 14.0. The number of benzene rings is 2. The maximum Gasteiger partial charge on any atom is 0.234 e. The Kier molecular flexibility index (Phi) is 9.78.